The van der Waals surface area contributed by atoms with E-state index in [0.717, 1.165) is 6.07 Å². The maximum Gasteiger partial charge on any atom is 0.573 e. The average Bonchev–Trinajstić information content (AvgIpc) is 2.44. The highest BCUT2D eigenvalue weighted by Crippen LogP contribution is 2.29. The Bertz CT molecular complexity index is 554. The fourth-order valence-electron chi connectivity index (χ4n) is 1.62. The predicted molar refractivity (Wildman–Crippen MR) is 94.5 cm³/mol. The van der Waals surface area contributed by atoms with E-state index >= 15 is 0 Å². The van der Waals surface area contributed by atoms with Crippen LogP contribution in [0.2, 0.25) is 0 Å². The van der Waals surface area contributed by atoms with E-state index in [1.165, 1.54) is 18.2 Å². The van der Waals surface area contributed by atoms with Crippen LogP contribution in [0.25, 0.3) is 0 Å². The van der Waals surface area contributed by atoms with E-state index in [-0.39, 0.29) is 54.6 Å². The lowest BCUT2D eigenvalue weighted by atomic mass is 10.3. The SMILES string of the molecule is CCOC(=O)CCCN=C(N)Nc1ccccc1OC(F)(F)F.I. The van der Waals surface area contributed by atoms with E-state index in [2.05, 4.69) is 15.0 Å². The second-order valence-corrected chi connectivity index (χ2v) is 4.34. The normalized spacial score (nSPS) is 11.4. The molecule has 0 amide bonds. The van der Waals surface area contributed by atoms with Gasteiger partial charge in [-0.3, -0.25) is 9.79 Å². The first-order valence-corrected chi connectivity index (χ1v) is 6.89. The van der Waals surface area contributed by atoms with Gasteiger partial charge in [-0.05, 0) is 25.5 Å². The summed E-state index contributed by atoms with van der Waals surface area (Å²) in [6.07, 6.45) is -4.19. The fourth-order valence-corrected chi connectivity index (χ4v) is 1.62. The van der Waals surface area contributed by atoms with Crippen LogP contribution in [-0.2, 0) is 9.53 Å². The number of nitrogens with zero attached hydrogens (tertiary/aromatic N) is 1. The molecule has 0 saturated carbocycles. The molecule has 0 atom stereocenters. The number of nitrogens with one attached hydrogen (secondary N) is 1. The van der Waals surface area contributed by atoms with Gasteiger partial charge < -0.3 is 20.5 Å². The minimum Gasteiger partial charge on any atom is -0.466 e. The van der Waals surface area contributed by atoms with Crippen LogP contribution in [0.1, 0.15) is 19.8 Å². The van der Waals surface area contributed by atoms with Gasteiger partial charge in [0, 0.05) is 13.0 Å². The van der Waals surface area contributed by atoms with Crippen molar-refractivity contribution in [2.45, 2.75) is 26.1 Å². The fraction of sp³-hybridized carbons (Fsp3) is 0.429. The predicted octanol–water partition coefficient (Wildman–Crippen LogP) is 3.27. The number of rotatable bonds is 7. The van der Waals surface area contributed by atoms with Crippen LogP contribution in [0.15, 0.2) is 29.3 Å². The molecular weight excluding hydrogens is 442 g/mol. The van der Waals surface area contributed by atoms with Crippen molar-refractivity contribution in [3.63, 3.8) is 0 Å². The summed E-state index contributed by atoms with van der Waals surface area (Å²) in [6, 6.07) is 5.46. The summed E-state index contributed by atoms with van der Waals surface area (Å²) in [5, 5.41) is 2.53. The highest BCUT2D eigenvalue weighted by molar-refractivity contribution is 14.0. The van der Waals surface area contributed by atoms with Crippen molar-refractivity contribution in [1.29, 1.82) is 0 Å². The molecule has 0 unspecified atom stereocenters. The third-order valence-corrected chi connectivity index (χ3v) is 2.50. The molecule has 10 heteroatoms. The van der Waals surface area contributed by atoms with Crippen molar-refractivity contribution in [3.05, 3.63) is 24.3 Å². The van der Waals surface area contributed by atoms with Crippen molar-refractivity contribution in [1.82, 2.24) is 0 Å². The van der Waals surface area contributed by atoms with Crippen LogP contribution in [-0.4, -0.2) is 31.4 Å². The number of benzene rings is 1. The Hall–Kier alpha value is -1.72. The zero-order valence-electron chi connectivity index (χ0n) is 12.9. The number of ether oxygens (including phenoxy) is 2. The van der Waals surface area contributed by atoms with E-state index < -0.39 is 12.1 Å². The molecule has 0 fully saturated rings. The highest BCUT2D eigenvalue weighted by Gasteiger charge is 2.32. The van der Waals surface area contributed by atoms with Crippen molar-refractivity contribution in [3.8, 4) is 5.75 Å². The first-order chi connectivity index (χ1) is 10.8. The van der Waals surface area contributed by atoms with Crippen molar-refractivity contribution in [2.24, 2.45) is 10.7 Å². The standard InChI is InChI=1S/C14H18F3N3O3.HI/c1-2-22-12(21)8-5-9-19-13(18)20-10-6-3-4-7-11(10)23-14(15,16)17;/h3-4,6-7H,2,5,8-9H2,1H3,(H3,18,19,20);1H. The van der Waals surface area contributed by atoms with E-state index in [1.54, 1.807) is 6.92 Å². The summed E-state index contributed by atoms with van der Waals surface area (Å²) < 4.78 is 45.5. The van der Waals surface area contributed by atoms with E-state index in [9.17, 15) is 18.0 Å². The quantitative estimate of drug-likeness (QED) is 0.214. The van der Waals surface area contributed by atoms with Gasteiger partial charge in [0.05, 0.1) is 12.3 Å². The Morgan fingerprint density at radius 2 is 2.00 bits per heavy atom. The lowest BCUT2D eigenvalue weighted by Gasteiger charge is -2.14. The van der Waals surface area contributed by atoms with Crippen LogP contribution in [0.3, 0.4) is 0 Å². The molecule has 0 spiro atoms. The molecule has 0 aliphatic rings. The number of hydrogen-bond donors (Lipinski definition) is 2. The zero-order chi connectivity index (χ0) is 17.3. The lowest BCUT2D eigenvalue weighted by molar-refractivity contribution is -0.274. The molecule has 0 aromatic heterocycles. The molecule has 0 saturated heterocycles. The van der Waals surface area contributed by atoms with Gasteiger partial charge in [-0.1, -0.05) is 12.1 Å². The number of anilines is 1. The topological polar surface area (TPSA) is 85.9 Å². The summed E-state index contributed by atoms with van der Waals surface area (Å²) in [4.78, 5) is 15.0. The van der Waals surface area contributed by atoms with Crippen LogP contribution in [0.5, 0.6) is 5.75 Å². The number of alkyl halides is 3. The van der Waals surface area contributed by atoms with Crippen LogP contribution in [0, 0.1) is 0 Å². The summed E-state index contributed by atoms with van der Waals surface area (Å²) in [5.74, 6) is -0.824. The Balaban J connectivity index is 0.00000529. The molecule has 1 aromatic rings. The molecule has 6 nitrogen and oxygen atoms in total. The second-order valence-electron chi connectivity index (χ2n) is 4.34. The highest BCUT2D eigenvalue weighted by atomic mass is 127. The van der Waals surface area contributed by atoms with Crippen LogP contribution >= 0.6 is 24.0 Å². The number of carbonyl (C=O) groups is 1. The smallest absolute Gasteiger partial charge is 0.466 e. The third kappa shape index (κ3) is 9.43. The first kappa shape index (κ1) is 22.3. The molecule has 0 heterocycles. The molecule has 136 valence electrons. The minimum atomic E-state index is -4.80. The molecule has 0 bridgehead atoms. The number of hydrogen-bond acceptors (Lipinski definition) is 4. The van der Waals surface area contributed by atoms with E-state index in [4.69, 9.17) is 10.5 Å². The van der Waals surface area contributed by atoms with E-state index in [1.807, 2.05) is 0 Å². The van der Waals surface area contributed by atoms with Crippen LogP contribution < -0.4 is 15.8 Å². The van der Waals surface area contributed by atoms with Gasteiger partial charge in [0.15, 0.2) is 11.7 Å². The Labute approximate surface area is 154 Å². The van der Waals surface area contributed by atoms with Gasteiger partial charge in [-0.25, -0.2) is 0 Å². The first-order valence-electron chi connectivity index (χ1n) is 6.89. The molecular formula is C14H19F3IN3O3. The van der Waals surface area contributed by atoms with Gasteiger partial charge in [-0.2, -0.15) is 0 Å². The Morgan fingerprint density at radius 3 is 2.62 bits per heavy atom. The maximum atomic E-state index is 12.3. The minimum absolute atomic E-state index is 0. The maximum absolute atomic E-state index is 12.3. The van der Waals surface area contributed by atoms with Gasteiger partial charge in [0.25, 0.3) is 0 Å². The van der Waals surface area contributed by atoms with Gasteiger partial charge in [0.1, 0.15) is 0 Å². The summed E-state index contributed by atoms with van der Waals surface area (Å²) >= 11 is 0. The molecule has 1 aromatic carbocycles. The number of nitrogens with two attached hydrogens (primary N) is 1. The molecule has 0 aliphatic heterocycles. The Kier molecular flexibility index (Phi) is 10.2. The van der Waals surface area contributed by atoms with E-state index in [0.29, 0.717) is 13.0 Å². The zero-order valence-corrected chi connectivity index (χ0v) is 15.3. The monoisotopic (exact) mass is 461 g/mol. The lowest BCUT2D eigenvalue weighted by Crippen LogP contribution is -2.24. The molecule has 3 N–H and O–H groups in total. The summed E-state index contributed by atoms with van der Waals surface area (Å²) in [5.41, 5.74) is 5.64. The molecule has 24 heavy (non-hydrogen) atoms. The van der Waals surface area contributed by atoms with Gasteiger partial charge in [0.2, 0.25) is 0 Å². The number of carbonyl (C=O) groups excluding carboxylic acids is 1. The number of para-hydroxylation sites is 2. The number of esters is 1. The van der Waals surface area contributed by atoms with Gasteiger partial charge in [-0.15, -0.1) is 37.1 Å². The molecule has 0 aliphatic carbocycles. The largest absolute Gasteiger partial charge is 0.573 e. The van der Waals surface area contributed by atoms with Crippen molar-refractivity contribution < 1.29 is 27.4 Å². The summed E-state index contributed by atoms with van der Waals surface area (Å²) in [7, 11) is 0. The molecule has 0 radical (unpaired) electrons. The average molecular weight is 461 g/mol. The number of guanidine groups is 1. The van der Waals surface area contributed by atoms with Crippen LogP contribution in [0.4, 0.5) is 18.9 Å². The number of halogens is 4. The Morgan fingerprint density at radius 1 is 1.33 bits per heavy atom. The number of aliphatic imine (C=N–C) groups is 1. The second kappa shape index (κ2) is 10.9. The summed E-state index contributed by atoms with van der Waals surface area (Å²) in [6.45, 7) is 2.25. The van der Waals surface area contributed by atoms with Crippen molar-refractivity contribution >= 4 is 41.6 Å². The molecule has 1 rings (SSSR count). The van der Waals surface area contributed by atoms with Crippen molar-refractivity contribution in [2.75, 3.05) is 18.5 Å². The van der Waals surface area contributed by atoms with Gasteiger partial charge >= 0.3 is 12.3 Å². The third-order valence-electron chi connectivity index (χ3n) is 2.50.